The van der Waals surface area contributed by atoms with E-state index >= 15 is 0 Å². The molecular formula is C17H14F3N7O4S. The Morgan fingerprint density at radius 2 is 1.94 bits per heavy atom. The third-order valence-corrected chi connectivity index (χ3v) is 5.38. The molecule has 1 aliphatic rings. The normalized spacial score (nSPS) is 13.8. The predicted octanol–water partition coefficient (Wildman–Crippen LogP) is 1.30. The second-order valence-corrected chi connectivity index (χ2v) is 7.69. The Morgan fingerprint density at radius 3 is 2.56 bits per heavy atom. The molecule has 32 heavy (non-hydrogen) atoms. The van der Waals surface area contributed by atoms with Crippen molar-refractivity contribution in [1.82, 2.24) is 29.8 Å². The van der Waals surface area contributed by atoms with Crippen molar-refractivity contribution < 1.29 is 22.7 Å². The largest absolute Gasteiger partial charge is 0.573 e. The molecule has 3 aromatic rings. The van der Waals surface area contributed by atoms with Gasteiger partial charge >= 0.3 is 12.1 Å². The van der Waals surface area contributed by atoms with Crippen LogP contribution < -0.4 is 21.7 Å². The molecule has 0 unspecified atom stereocenters. The van der Waals surface area contributed by atoms with Crippen LogP contribution in [0.1, 0.15) is 29.2 Å². The number of carbonyl (C=O) groups excluding carboxylic acids is 1. The van der Waals surface area contributed by atoms with Gasteiger partial charge in [0.05, 0.1) is 11.4 Å². The van der Waals surface area contributed by atoms with Crippen molar-refractivity contribution >= 4 is 23.4 Å². The van der Waals surface area contributed by atoms with Gasteiger partial charge in [-0.3, -0.25) is 19.1 Å². The van der Waals surface area contributed by atoms with E-state index in [4.69, 9.17) is 5.73 Å². The molecule has 2 aromatic heterocycles. The maximum Gasteiger partial charge on any atom is 0.573 e. The molecular weight excluding hydrogens is 455 g/mol. The number of hydrogen-bond acceptors (Lipinski definition) is 9. The number of anilines is 1. The smallest absolute Gasteiger partial charge is 0.406 e. The van der Waals surface area contributed by atoms with Crippen LogP contribution >= 0.6 is 11.8 Å². The van der Waals surface area contributed by atoms with Crippen molar-refractivity contribution in [1.29, 1.82) is 0 Å². The number of aromatic amines is 1. The van der Waals surface area contributed by atoms with Crippen LogP contribution in [0.5, 0.6) is 5.75 Å². The first kappa shape index (κ1) is 21.6. The van der Waals surface area contributed by atoms with Crippen LogP contribution in [-0.2, 0) is 0 Å². The zero-order valence-electron chi connectivity index (χ0n) is 16.0. The summed E-state index contributed by atoms with van der Waals surface area (Å²) < 4.78 is 43.1. The van der Waals surface area contributed by atoms with Crippen molar-refractivity contribution in [3.05, 3.63) is 50.7 Å². The highest BCUT2D eigenvalue weighted by molar-refractivity contribution is 7.99. The SMILES string of the molecule is Nc1c(C(=O)CSc2nnnn2-c2ccc(OC(F)(F)F)cc2)c(=O)[nH]c(=O)n1C1CC1. The molecule has 1 aromatic carbocycles. The number of H-pyrrole nitrogens is 1. The molecule has 0 radical (unpaired) electrons. The molecule has 1 fully saturated rings. The van der Waals surface area contributed by atoms with Gasteiger partial charge in [-0.15, -0.1) is 18.3 Å². The fourth-order valence-electron chi connectivity index (χ4n) is 2.95. The van der Waals surface area contributed by atoms with Crippen LogP contribution in [0.4, 0.5) is 19.0 Å². The summed E-state index contributed by atoms with van der Waals surface area (Å²) in [5.41, 5.74) is 4.38. The van der Waals surface area contributed by atoms with E-state index in [2.05, 4.69) is 25.2 Å². The van der Waals surface area contributed by atoms with Crippen molar-refractivity contribution in [2.45, 2.75) is 30.4 Å². The lowest BCUT2D eigenvalue weighted by atomic mass is 10.2. The van der Waals surface area contributed by atoms with Crippen molar-refractivity contribution in [3.63, 3.8) is 0 Å². The number of aromatic nitrogens is 6. The molecule has 15 heteroatoms. The number of ketones is 1. The van der Waals surface area contributed by atoms with Gasteiger partial charge in [0, 0.05) is 6.04 Å². The summed E-state index contributed by atoms with van der Waals surface area (Å²) in [4.78, 5) is 38.9. The van der Waals surface area contributed by atoms with Crippen molar-refractivity contribution in [2.24, 2.45) is 0 Å². The molecule has 0 amide bonds. The Kier molecular flexibility index (Phi) is 5.50. The number of nitrogens with zero attached hydrogens (tertiary/aromatic N) is 5. The third kappa shape index (κ3) is 4.51. The average molecular weight is 469 g/mol. The van der Waals surface area contributed by atoms with Gasteiger partial charge in [0.2, 0.25) is 5.16 Å². The predicted molar refractivity (Wildman–Crippen MR) is 105 cm³/mol. The van der Waals surface area contributed by atoms with Gasteiger partial charge in [-0.2, -0.15) is 4.68 Å². The summed E-state index contributed by atoms with van der Waals surface area (Å²) in [6, 6.07) is 4.64. The minimum Gasteiger partial charge on any atom is -0.406 e. The van der Waals surface area contributed by atoms with E-state index in [9.17, 15) is 27.6 Å². The molecule has 0 bridgehead atoms. The standard InChI is InChI=1S/C17H14F3N7O4S/c18-17(19,20)31-10-5-3-9(4-6-10)27-16(23-24-25-27)32-7-11(28)12-13(21)26(8-1-2-8)15(30)22-14(12)29/h3-6,8H,1-2,7,21H2,(H,22,29,30). The average Bonchev–Trinajstić information content (AvgIpc) is 3.41. The topological polar surface area (TPSA) is 151 Å². The first-order chi connectivity index (χ1) is 15.1. The number of Topliss-reactive ketones (excluding diaryl/α,β-unsaturated/α-hetero) is 1. The lowest BCUT2D eigenvalue weighted by molar-refractivity contribution is -0.274. The van der Waals surface area contributed by atoms with Crippen LogP contribution in [0.25, 0.3) is 5.69 Å². The van der Waals surface area contributed by atoms with Crippen LogP contribution in [0.2, 0.25) is 0 Å². The maximum atomic E-state index is 12.7. The molecule has 4 rings (SSSR count). The molecule has 1 aliphatic carbocycles. The van der Waals surface area contributed by atoms with E-state index in [1.807, 2.05) is 0 Å². The zero-order chi connectivity index (χ0) is 23.0. The Hall–Kier alpha value is -3.62. The fraction of sp³-hybridized carbons (Fsp3) is 0.294. The highest BCUT2D eigenvalue weighted by Crippen LogP contribution is 2.35. The summed E-state index contributed by atoms with van der Waals surface area (Å²) in [5, 5.41) is 11.2. The maximum absolute atomic E-state index is 12.7. The van der Waals surface area contributed by atoms with E-state index in [-0.39, 0.29) is 28.3 Å². The van der Waals surface area contributed by atoms with Gasteiger partial charge in [-0.25, -0.2) is 4.79 Å². The van der Waals surface area contributed by atoms with Crippen molar-refractivity contribution in [3.8, 4) is 11.4 Å². The van der Waals surface area contributed by atoms with Gasteiger partial charge in [-0.05, 0) is 47.5 Å². The van der Waals surface area contributed by atoms with E-state index in [1.165, 1.54) is 21.4 Å². The molecule has 0 saturated heterocycles. The number of hydrogen-bond donors (Lipinski definition) is 2. The molecule has 168 valence electrons. The molecule has 0 spiro atoms. The minimum atomic E-state index is -4.82. The Labute approximate surface area is 180 Å². The van der Waals surface area contributed by atoms with Gasteiger partial charge < -0.3 is 10.5 Å². The van der Waals surface area contributed by atoms with Gasteiger partial charge in [0.15, 0.2) is 5.78 Å². The summed E-state index contributed by atoms with van der Waals surface area (Å²) >= 11 is 0.888. The van der Waals surface area contributed by atoms with Gasteiger partial charge in [0.25, 0.3) is 5.56 Å². The van der Waals surface area contributed by atoms with Gasteiger partial charge in [0.1, 0.15) is 17.1 Å². The van der Waals surface area contributed by atoms with Crippen LogP contribution in [-0.4, -0.2) is 47.7 Å². The second kappa shape index (κ2) is 8.14. The molecule has 3 N–H and O–H groups in total. The number of ether oxygens (including phenoxy) is 1. The number of nitrogens with two attached hydrogens (primary N) is 1. The highest BCUT2D eigenvalue weighted by Gasteiger charge is 2.31. The second-order valence-electron chi connectivity index (χ2n) is 6.75. The van der Waals surface area contributed by atoms with Crippen molar-refractivity contribution in [2.75, 3.05) is 11.5 Å². The number of nitrogens with one attached hydrogen (secondary N) is 1. The summed E-state index contributed by atoms with van der Waals surface area (Å²) in [6.45, 7) is 0. The van der Waals surface area contributed by atoms with Crippen LogP contribution in [0, 0.1) is 0 Å². The van der Waals surface area contributed by atoms with Gasteiger partial charge in [-0.1, -0.05) is 11.8 Å². The lowest BCUT2D eigenvalue weighted by Gasteiger charge is -2.11. The molecule has 1 saturated carbocycles. The molecule has 0 atom stereocenters. The highest BCUT2D eigenvalue weighted by atomic mass is 32.2. The number of benzene rings is 1. The summed E-state index contributed by atoms with van der Waals surface area (Å²) in [5.74, 6) is -1.51. The van der Waals surface area contributed by atoms with E-state index in [0.717, 1.165) is 36.7 Å². The molecule has 2 heterocycles. The Balaban J connectivity index is 1.51. The Bertz CT molecular complexity index is 1280. The summed E-state index contributed by atoms with van der Waals surface area (Å²) in [7, 11) is 0. The first-order valence-corrected chi connectivity index (χ1v) is 10.1. The lowest BCUT2D eigenvalue weighted by Crippen LogP contribution is -2.36. The molecule has 0 aliphatic heterocycles. The number of halogens is 3. The zero-order valence-corrected chi connectivity index (χ0v) is 16.8. The van der Waals surface area contributed by atoms with Crippen LogP contribution in [0.3, 0.4) is 0 Å². The number of alkyl halides is 3. The number of nitrogen functional groups attached to an aromatic ring is 1. The number of rotatable bonds is 7. The fourth-order valence-corrected chi connectivity index (χ4v) is 3.72. The number of carbonyl (C=O) groups is 1. The number of tetrazole rings is 1. The number of thioether (sulfide) groups is 1. The van der Waals surface area contributed by atoms with E-state index in [1.54, 1.807) is 0 Å². The van der Waals surface area contributed by atoms with E-state index in [0.29, 0.717) is 5.69 Å². The first-order valence-electron chi connectivity index (χ1n) is 9.09. The van der Waals surface area contributed by atoms with Crippen LogP contribution in [0.15, 0.2) is 39.0 Å². The van der Waals surface area contributed by atoms with E-state index < -0.39 is 29.1 Å². The molecule has 11 nitrogen and oxygen atoms in total. The monoisotopic (exact) mass is 469 g/mol. The quantitative estimate of drug-likeness (QED) is 0.385. The Morgan fingerprint density at radius 1 is 1.25 bits per heavy atom. The minimum absolute atomic E-state index is 0.143. The third-order valence-electron chi connectivity index (χ3n) is 4.46. The summed E-state index contributed by atoms with van der Waals surface area (Å²) in [6.07, 6.45) is -3.38.